The molecule has 40 heavy (non-hydrogen) atoms. The van der Waals surface area contributed by atoms with Gasteiger partial charge in [-0.25, -0.2) is 14.6 Å². The van der Waals surface area contributed by atoms with Gasteiger partial charge in [-0.1, -0.05) is 35.6 Å². The Morgan fingerprint density at radius 2 is 1.90 bits per heavy atom. The first kappa shape index (κ1) is 27.4. The number of esters is 2. The monoisotopic (exact) mass is 574 g/mol. The molecule has 0 N–H and O–H groups in total. The number of thioether (sulfide) groups is 1. The van der Waals surface area contributed by atoms with E-state index in [1.165, 1.54) is 18.4 Å². The van der Waals surface area contributed by atoms with E-state index in [4.69, 9.17) is 13.9 Å². The maximum Gasteiger partial charge on any atom is 0.338 e. The Balaban J connectivity index is 1.59. The topological polar surface area (TPSA) is 100 Å². The summed E-state index contributed by atoms with van der Waals surface area (Å²) < 4.78 is 18.1. The third-order valence-electron chi connectivity index (χ3n) is 6.42. The van der Waals surface area contributed by atoms with Crippen LogP contribution in [0.15, 0.2) is 91.0 Å². The molecule has 3 heterocycles. The minimum absolute atomic E-state index is 0.210. The van der Waals surface area contributed by atoms with Gasteiger partial charge in [-0.2, -0.15) is 0 Å². The second-order valence-corrected chi connectivity index (χ2v) is 10.7. The van der Waals surface area contributed by atoms with E-state index in [1.54, 1.807) is 66.6 Å². The number of nitrogens with zero attached hydrogens (tertiary/aromatic N) is 2. The molecule has 1 atom stereocenters. The summed E-state index contributed by atoms with van der Waals surface area (Å²) in [4.78, 5) is 44.9. The van der Waals surface area contributed by atoms with Crippen LogP contribution in [0.2, 0.25) is 0 Å². The van der Waals surface area contributed by atoms with Crippen LogP contribution >= 0.6 is 23.1 Å². The molecular formula is C30H26N2O6S2. The van der Waals surface area contributed by atoms with Crippen molar-refractivity contribution in [2.45, 2.75) is 24.8 Å². The van der Waals surface area contributed by atoms with Gasteiger partial charge < -0.3 is 13.9 Å². The molecule has 5 rings (SSSR count). The summed E-state index contributed by atoms with van der Waals surface area (Å²) in [6.07, 6.45) is 3.65. The fourth-order valence-electron chi connectivity index (χ4n) is 4.53. The third kappa shape index (κ3) is 5.20. The van der Waals surface area contributed by atoms with E-state index in [1.807, 2.05) is 36.6 Å². The van der Waals surface area contributed by atoms with Crippen molar-refractivity contribution in [2.75, 3.05) is 20.0 Å². The van der Waals surface area contributed by atoms with Gasteiger partial charge in [-0.15, -0.1) is 11.8 Å². The van der Waals surface area contributed by atoms with Crippen LogP contribution < -0.4 is 14.9 Å². The maximum absolute atomic E-state index is 13.8. The van der Waals surface area contributed by atoms with Gasteiger partial charge in [-0.3, -0.25) is 9.36 Å². The molecule has 0 amide bonds. The largest absolute Gasteiger partial charge is 0.465 e. The lowest BCUT2D eigenvalue weighted by molar-refractivity contribution is -0.139. The Hall–Kier alpha value is -4.15. The number of allylic oxidation sites excluding steroid dienone is 1. The number of carbonyl (C=O) groups excluding carboxylic acids is 2. The highest BCUT2D eigenvalue weighted by molar-refractivity contribution is 7.98. The van der Waals surface area contributed by atoms with E-state index in [0.717, 1.165) is 10.5 Å². The van der Waals surface area contributed by atoms with Crippen LogP contribution in [0.1, 0.15) is 41.6 Å². The third-order valence-corrected chi connectivity index (χ3v) is 8.14. The van der Waals surface area contributed by atoms with E-state index >= 15 is 0 Å². The highest BCUT2D eigenvalue weighted by atomic mass is 32.2. The van der Waals surface area contributed by atoms with Gasteiger partial charge >= 0.3 is 11.9 Å². The lowest BCUT2D eigenvalue weighted by atomic mass is 9.96. The molecule has 0 saturated heterocycles. The van der Waals surface area contributed by atoms with Crippen molar-refractivity contribution in [3.8, 4) is 11.3 Å². The van der Waals surface area contributed by atoms with Crippen molar-refractivity contribution in [3.63, 3.8) is 0 Å². The number of furan rings is 1. The number of methoxy groups -OCH3 is 1. The zero-order valence-electron chi connectivity index (χ0n) is 22.3. The molecule has 4 aromatic rings. The summed E-state index contributed by atoms with van der Waals surface area (Å²) in [6.45, 7) is 3.71. The van der Waals surface area contributed by atoms with Crippen LogP contribution in [-0.4, -0.2) is 36.5 Å². The average Bonchev–Trinajstić information content (AvgIpc) is 3.56. The second-order valence-electron chi connectivity index (χ2n) is 8.85. The van der Waals surface area contributed by atoms with Gasteiger partial charge in [0.05, 0.1) is 41.1 Å². The highest BCUT2D eigenvalue weighted by Gasteiger charge is 2.33. The summed E-state index contributed by atoms with van der Waals surface area (Å²) in [7, 11) is 1.33. The fraction of sp³-hybridized carbons (Fsp3) is 0.200. The minimum Gasteiger partial charge on any atom is -0.465 e. The van der Waals surface area contributed by atoms with Crippen molar-refractivity contribution in [3.05, 3.63) is 109 Å². The number of rotatable bonds is 7. The van der Waals surface area contributed by atoms with E-state index < -0.39 is 18.0 Å². The van der Waals surface area contributed by atoms with Gasteiger partial charge in [0.15, 0.2) is 4.80 Å². The molecule has 1 aliphatic rings. The minimum atomic E-state index is -0.679. The van der Waals surface area contributed by atoms with E-state index in [0.29, 0.717) is 43.3 Å². The molecular weight excluding hydrogens is 548 g/mol. The Bertz CT molecular complexity index is 1810. The zero-order chi connectivity index (χ0) is 28.4. The van der Waals surface area contributed by atoms with Crippen molar-refractivity contribution >= 4 is 41.1 Å². The number of hydrogen-bond acceptors (Lipinski definition) is 9. The Morgan fingerprint density at radius 1 is 1.12 bits per heavy atom. The molecule has 0 spiro atoms. The first-order chi connectivity index (χ1) is 19.3. The Labute approximate surface area is 238 Å². The maximum atomic E-state index is 13.8. The van der Waals surface area contributed by atoms with Gasteiger partial charge in [0.25, 0.3) is 5.56 Å². The predicted octanol–water partition coefficient (Wildman–Crippen LogP) is 4.57. The number of ether oxygens (including phenoxy) is 2. The number of aromatic nitrogens is 1. The van der Waals surface area contributed by atoms with Gasteiger partial charge in [0.1, 0.15) is 11.5 Å². The molecule has 0 radical (unpaired) electrons. The molecule has 10 heteroatoms. The lowest BCUT2D eigenvalue weighted by Gasteiger charge is -2.24. The van der Waals surface area contributed by atoms with Crippen molar-refractivity contribution in [2.24, 2.45) is 4.99 Å². The molecule has 2 aromatic heterocycles. The van der Waals surface area contributed by atoms with Crippen LogP contribution in [0.4, 0.5) is 0 Å². The standard InChI is InChI=1S/C30H26N2O6S2/c1-5-37-29(35)25-17(2)31-30-32(26(25)18-9-12-22(39-4)13-10-18)27(33)24(40-30)16-21-11-14-23(38-21)19-7-6-8-20(15-19)28(34)36-3/h6-16,26H,5H2,1-4H3/b24-16-/t26-/m1/s1. The normalized spacial score (nSPS) is 15.0. The smallest absolute Gasteiger partial charge is 0.338 e. The van der Waals surface area contributed by atoms with E-state index in [9.17, 15) is 14.4 Å². The van der Waals surface area contributed by atoms with Gasteiger partial charge in [0.2, 0.25) is 0 Å². The van der Waals surface area contributed by atoms with Crippen LogP contribution in [0.3, 0.4) is 0 Å². The fourth-order valence-corrected chi connectivity index (χ4v) is 5.96. The molecule has 2 aromatic carbocycles. The number of benzene rings is 2. The van der Waals surface area contributed by atoms with Crippen LogP contribution in [0, 0.1) is 0 Å². The lowest BCUT2D eigenvalue weighted by Crippen LogP contribution is -2.39. The number of hydrogen-bond donors (Lipinski definition) is 0. The van der Waals surface area contributed by atoms with Crippen molar-refractivity contribution < 1.29 is 23.5 Å². The first-order valence-electron chi connectivity index (χ1n) is 12.5. The van der Waals surface area contributed by atoms with Gasteiger partial charge in [-0.05, 0) is 62.1 Å². The molecule has 0 fully saturated rings. The number of thiazole rings is 1. The summed E-state index contributed by atoms with van der Waals surface area (Å²) in [5, 5.41) is 0. The van der Waals surface area contributed by atoms with Crippen LogP contribution in [-0.2, 0) is 14.3 Å². The average molecular weight is 575 g/mol. The zero-order valence-corrected chi connectivity index (χ0v) is 23.9. The molecule has 0 bridgehead atoms. The molecule has 1 aliphatic heterocycles. The van der Waals surface area contributed by atoms with E-state index in [2.05, 4.69) is 4.99 Å². The van der Waals surface area contributed by atoms with Crippen LogP contribution in [0.5, 0.6) is 0 Å². The van der Waals surface area contributed by atoms with Crippen molar-refractivity contribution in [1.82, 2.24) is 4.57 Å². The molecule has 8 nitrogen and oxygen atoms in total. The molecule has 204 valence electrons. The second kappa shape index (κ2) is 11.5. The number of fused-ring (bicyclic) bond motifs is 1. The molecule has 0 saturated carbocycles. The van der Waals surface area contributed by atoms with Gasteiger partial charge in [0, 0.05) is 16.5 Å². The molecule has 0 aliphatic carbocycles. The van der Waals surface area contributed by atoms with Crippen LogP contribution in [0.25, 0.3) is 17.4 Å². The first-order valence-corrected chi connectivity index (χ1v) is 14.5. The SMILES string of the molecule is CCOC(=O)C1=C(C)N=c2s/c(=C\c3ccc(-c4cccc(C(=O)OC)c4)o3)c(=O)n2[C@@H]1c1ccc(SC)cc1. The summed E-state index contributed by atoms with van der Waals surface area (Å²) in [6, 6.07) is 17.6. The van der Waals surface area contributed by atoms with Crippen molar-refractivity contribution in [1.29, 1.82) is 0 Å². The highest BCUT2D eigenvalue weighted by Crippen LogP contribution is 2.32. The Kier molecular flexibility index (Phi) is 7.90. The summed E-state index contributed by atoms with van der Waals surface area (Å²) in [5.74, 6) is 0.0645. The van der Waals surface area contributed by atoms with E-state index in [-0.39, 0.29) is 12.2 Å². The number of carbonyl (C=O) groups is 2. The molecule has 0 unspecified atom stereocenters. The predicted molar refractivity (Wildman–Crippen MR) is 154 cm³/mol. The summed E-state index contributed by atoms with van der Waals surface area (Å²) >= 11 is 2.84. The quantitative estimate of drug-likeness (QED) is 0.236. The Morgan fingerprint density at radius 3 is 2.60 bits per heavy atom. The summed E-state index contributed by atoms with van der Waals surface area (Å²) in [5.41, 5.74) is 2.45.